The zero-order chi connectivity index (χ0) is 32.8. The van der Waals surface area contributed by atoms with Gasteiger partial charge in [0.15, 0.2) is 5.17 Å². The van der Waals surface area contributed by atoms with Crippen molar-refractivity contribution in [1.82, 2.24) is 9.80 Å². The fraction of sp³-hybridized carbons (Fsp3) is 0.297. The number of furan rings is 1. The zero-order valence-corrected chi connectivity index (χ0v) is 27.3. The first-order valence-corrected chi connectivity index (χ1v) is 16.8. The van der Waals surface area contributed by atoms with E-state index >= 15 is 0 Å². The normalized spacial score (nSPS) is 19.3. The highest BCUT2D eigenvalue weighted by molar-refractivity contribution is 8.15. The van der Waals surface area contributed by atoms with Gasteiger partial charge in [-0.3, -0.25) is 19.4 Å². The highest BCUT2D eigenvalue weighted by Gasteiger charge is 2.40. The first kappa shape index (κ1) is 32.1. The Labute approximate surface area is 279 Å². The van der Waals surface area contributed by atoms with E-state index in [9.17, 15) is 14.4 Å². The van der Waals surface area contributed by atoms with Crippen LogP contribution in [0.25, 0.3) is 0 Å². The maximum Gasteiger partial charge on any atom is 0.410 e. The summed E-state index contributed by atoms with van der Waals surface area (Å²) < 4.78 is 11.0. The lowest BCUT2D eigenvalue weighted by molar-refractivity contribution is -0.126. The molecule has 3 aromatic carbocycles. The molecule has 2 unspecified atom stereocenters. The first-order chi connectivity index (χ1) is 22.9. The third-order valence-corrected chi connectivity index (χ3v) is 9.85. The van der Waals surface area contributed by atoms with Crippen LogP contribution < -0.4 is 5.32 Å². The number of ether oxygens (including phenoxy) is 1. The highest BCUT2D eigenvalue weighted by Crippen LogP contribution is 2.41. The summed E-state index contributed by atoms with van der Waals surface area (Å²) in [5.41, 5.74) is 4.31. The van der Waals surface area contributed by atoms with Gasteiger partial charge in [-0.1, -0.05) is 80.2 Å². The Balaban J connectivity index is 1.12. The number of amidine groups is 1. The molecule has 2 saturated heterocycles. The number of rotatable bonds is 10. The maximum atomic E-state index is 13.8. The van der Waals surface area contributed by atoms with Crippen molar-refractivity contribution in [2.75, 3.05) is 11.9 Å². The molecule has 1 N–H and O–H groups in total. The molecule has 10 heteroatoms. The van der Waals surface area contributed by atoms with Crippen molar-refractivity contribution in [1.29, 1.82) is 0 Å². The second kappa shape index (κ2) is 14.7. The van der Waals surface area contributed by atoms with E-state index in [1.54, 1.807) is 29.4 Å². The largest absolute Gasteiger partial charge is 0.467 e. The molecule has 3 heterocycles. The van der Waals surface area contributed by atoms with Gasteiger partial charge in [-0.2, -0.15) is 0 Å². The van der Waals surface area contributed by atoms with E-state index in [0.717, 1.165) is 29.7 Å². The van der Waals surface area contributed by atoms with Gasteiger partial charge in [-0.05, 0) is 78.3 Å². The quantitative estimate of drug-likeness (QED) is 0.186. The molecule has 0 radical (unpaired) electrons. The number of carbonyl (C=O) groups is 3. The molecule has 0 spiro atoms. The summed E-state index contributed by atoms with van der Waals surface area (Å²) in [4.78, 5) is 47.8. The molecule has 9 nitrogen and oxygen atoms in total. The number of nitrogens with zero attached hydrogens (tertiary/aromatic N) is 3. The van der Waals surface area contributed by atoms with Gasteiger partial charge in [0, 0.05) is 12.2 Å². The van der Waals surface area contributed by atoms with Gasteiger partial charge in [0.2, 0.25) is 11.8 Å². The summed E-state index contributed by atoms with van der Waals surface area (Å²) in [6.45, 7) is 5.26. The zero-order valence-electron chi connectivity index (χ0n) is 26.5. The van der Waals surface area contributed by atoms with Gasteiger partial charge in [-0.15, -0.1) is 0 Å². The summed E-state index contributed by atoms with van der Waals surface area (Å²) in [6, 6.07) is 27.9. The van der Waals surface area contributed by atoms with Crippen LogP contribution in [0.2, 0.25) is 0 Å². The van der Waals surface area contributed by atoms with Crippen molar-refractivity contribution in [3.8, 4) is 0 Å². The molecule has 2 aliphatic rings. The van der Waals surface area contributed by atoms with Gasteiger partial charge in [0.05, 0.1) is 18.5 Å². The van der Waals surface area contributed by atoms with Crippen LogP contribution >= 0.6 is 11.8 Å². The van der Waals surface area contributed by atoms with Crippen molar-refractivity contribution < 1.29 is 23.5 Å². The second-order valence-corrected chi connectivity index (χ2v) is 12.9. The van der Waals surface area contributed by atoms with Crippen LogP contribution in [0, 0.1) is 0 Å². The van der Waals surface area contributed by atoms with Crippen molar-refractivity contribution in [3.63, 3.8) is 0 Å². The minimum absolute atomic E-state index is 0.0891. The maximum absolute atomic E-state index is 13.8. The van der Waals surface area contributed by atoms with E-state index in [-0.39, 0.29) is 25.0 Å². The Morgan fingerprint density at radius 3 is 2.49 bits per heavy atom. The number of likely N-dealkylation sites (tertiary alicyclic amines) is 1. The lowest BCUT2D eigenvalue weighted by atomic mass is 9.99. The molecular formula is C37H38N4O5S. The van der Waals surface area contributed by atoms with Crippen molar-refractivity contribution in [3.05, 3.63) is 120 Å². The number of carbonyl (C=O) groups excluding carboxylic acids is 3. The van der Waals surface area contributed by atoms with Crippen LogP contribution in [0.1, 0.15) is 66.7 Å². The van der Waals surface area contributed by atoms with Crippen LogP contribution in [-0.2, 0) is 27.5 Å². The molecular weight excluding hydrogens is 612 g/mol. The summed E-state index contributed by atoms with van der Waals surface area (Å²) in [5, 5.41) is 3.04. The van der Waals surface area contributed by atoms with E-state index in [1.165, 1.54) is 22.2 Å². The number of aliphatic imine (C=N–C) groups is 1. The van der Waals surface area contributed by atoms with Crippen LogP contribution in [-0.4, -0.2) is 45.5 Å². The first-order valence-electron chi connectivity index (χ1n) is 16.0. The molecule has 2 fully saturated rings. The van der Waals surface area contributed by atoms with Gasteiger partial charge in [0.25, 0.3) is 0 Å². The van der Waals surface area contributed by atoms with E-state index in [1.807, 2.05) is 60.7 Å². The number of anilines is 1. The molecule has 2 aliphatic heterocycles. The predicted octanol–water partition coefficient (Wildman–Crippen LogP) is 8.04. The van der Waals surface area contributed by atoms with Crippen LogP contribution in [0.15, 0.2) is 107 Å². The third-order valence-electron chi connectivity index (χ3n) is 8.61. The fourth-order valence-electron chi connectivity index (χ4n) is 5.71. The Bertz CT molecular complexity index is 1710. The fourth-order valence-corrected chi connectivity index (χ4v) is 6.88. The molecule has 4 aromatic rings. The molecule has 47 heavy (non-hydrogen) atoms. The molecule has 0 aliphatic carbocycles. The van der Waals surface area contributed by atoms with Gasteiger partial charge in [-0.25, -0.2) is 9.79 Å². The Hall–Kier alpha value is -4.83. The van der Waals surface area contributed by atoms with Crippen molar-refractivity contribution >= 4 is 46.2 Å². The number of nitrogens with one attached hydrogen (secondary N) is 1. The average molecular weight is 651 g/mol. The predicted molar refractivity (Wildman–Crippen MR) is 183 cm³/mol. The van der Waals surface area contributed by atoms with E-state index in [0.29, 0.717) is 35.5 Å². The second-order valence-electron chi connectivity index (χ2n) is 11.8. The standard InChI is InChI=1S/C37H38N4O5S/c1-3-25(2)27-13-17-30(18-14-27)39-36-41(23-31-11-8-22-45-31)35(43)33(47-36)28-15-19-29(20-16-28)38-34(42)32-12-7-21-40(32)37(44)46-24-26-9-5-4-6-10-26/h4-6,8-11,13-20,22,25,32-33H,3,7,12,21,23-24H2,1-2H3,(H,38,42)/t25?,32-,33?/m0/s1. The van der Waals surface area contributed by atoms with E-state index in [4.69, 9.17) is 14.1 Å². The molecule has 0 saturated carbocycles. The van der Waals surface area contributed by atoms with E-state index in [2.05, 4.69) is 31.3 Å². The summed E-state index contributed by atoms with van der Waals surface area (Å²) in [6.07, 6.45) is 3.44. The van der Waals surface area contributed by atoms with Crippen molar-refractivity contribution in [2.24, 2.45) is 4.99 Å². The molecule has 0 bridgehead atoms. The number of amides is 3. The SMILES string of the molecule is CCC(C)c1ccc(N=C2SC(c3ccc(NC(=O)[C@@H]4CCCN4C(=O)OCc4ccccc4)cc3)C(=O)N2Cc2ccco2)cc1. The Morgan fingerprint density at radius 1 is 1.02 bits per heavy atom. The monoisotopic (exact) mass is 650 g/mol. The molecule has 6 rings (SSSR count). The van der Waals surface area contributed by atoms with Crippen molar-refractivity contribution in [2.45, 2.75) is 63.5 Å². The molecule has 1 aromatic heterocycles. The Morgan fingerprint density at radius 2 is 1.79 bits per heavy atom. The lowest BCUT2D eigenvalue weighted by Gasteiger charge is -2.23. The smallest absolute Gasteiger partial charge is 0.410 e. The molecule has 3 amide bonds. The molecule has 3 atom stereocenters. The number of thioether (sulfide) groups is 1. The van der Waals surface area contributed by atoms with Crippen LogP contribution in [0.3, 0.4) is 0 Å². The topological polar surface area (TPSA) is 104 Å². The third kappa shape index (κ3) is 7.60. The lowest BCUT2D eigenvalue weighted by Crippen LogP contribution is -2.43. The van der Waals surface area contributed by atoms with Gasteiger partial charge in [0.1, 0.15) is 23.7 Å². The van der Waals surface area contributed by atoms with Crippen LogP contribution in [0.5, 0.6) is 0 Å². The van der Waals surface area contributed by atoms with Gasteiger partial charge >= 0.3 is 6.09 Å². The summed E-state index contributed by atoms with van der Waals surface area (Å²) >= 11 is 1.40. The minimum atomic E-state index is -0.613. The molecule has 242 valence electrons. The number of benzene rings is 3. The summed E-state index contributed by atoms with van der Waals surface area (Å²) in [7, 11) is 0. The van der Waals surface area contributed by atoms with Gasteiger partial charge < -0.3 is 14.5 Å². The highest BCUT2D eigenvalue weighted by atomic mass is 32.2. The van der Waals surface area contributed by atoms with E-state index < -0.39 is 17.4 Å². The number of hydrogen-bond acceptors (Lipinski definition) is 7. The average Bonchev–Trinajstić information content (AvgIpc) is 3.87. The summed E-state index contributed by atoms with van der Waals surface area (Å²) in [5.74, 6) is 0.776. The Kier molecular flexibility index (Phi) is 10.1. The van der Waals surface area contributed by atoms with Crippen LogP contribution in [0.4, 0.5) is 16.2 Å². The minimum Gasteiger partial charge on any atom is -0.467 e. The number of hydrogen-bond donors (Lipinski definition) is 1.